The molecule has 0 unspecified atom stereocenters. The van der Waals surface area contributed by atoms with Gasteiger partial charge in [-0.15, -0.1) is 0 Å². The predicted octanol–water partition coefficient (Wildman–Crippen LogP) is 1.71. The van der Waals surface area contributed by atoms with Crippen LogP contribution >= 0.6 is 10.7 Å². The van der Waals surface area contributed by atoms with E-state index in [2.05, 4.69) is 0 Å². The van der Waals surface area contributed by atoms with Gasteiger partial charge in [0.25, 0.3) is 15.0 Å². The number of amides is 1. The predicted molar refractivity (Wildman–Crippen MR) is 68.7 cm³/mol. The van der Waals surface area contributed by atoms with Gasteiger partial charge in [0.1, 0.15) is 5.75 Å². The molecule has 0 saturated carbocycles. The Hall–Kier alpha value is -1.27. The van der Waals surface area contributed by atoms with Crippen molar-refractivity contribution in [2.24, 2.45) is 0 Å². The first kappa shape index (κ1) is 14.8. The zero-order chi connectivity index (χ0) is 13.9. The largest absolute Gasteiger partial charge is 0.496 e. The average Bonchev–Trinajstić information content (AvgIpc) is 2.35. The van der Waals surface area contributed by atoms with Gasteiger partial charge >= 0.3 is 0 Å². The van der Waals surface area contributed by atoms with E-state index in [0.29, 0.717) is 12.3 Å². The highest BCUT2D eigenvalue weighted by molar-refractivity contribution is 8.13. The second-order valence-electron chi connectivity index (χ2n) is 3.62. The Morgan fingerprint density at radius 3 is 2.50 bits per heavy atom. The average molecular weight is 292 g/mol. The van der Waals surface area contributed by atoms with E-state index in [-0.39, 0.29) is 16.4 Å². The Balaban J connectivity index is 3.36. The van der Waals surface area contributed by atoms with Crippen molar-refractivity contribution in [2.75, 3.05) is 20.7 Å². The number of hydrogen-bond donors (Lipinski definition) is 0. The van der Waals surface area contributed by atoms with E-state index >= 15 is 0 Å². The van der Waals surface area contributed by atoms with Gasteiger partial charge in [-0.2, -0.15) is 0 Å². The molecule has 0 N–H and O–H groups in total. The van der Waals surface area contributed by atoms with Gasteiger partial charge < -0.3 is 9.64 Å². The third kappa shape index (κ3) is 3.14. The van der Waals surface area contributed by atoms with Gasteiger partial charge in [-0.25, -0.2) is 8.42 Å². The van der Waals surface area contributed by atoms with Crippen molar-refractivity contribution in [3.63, 3.8) is 0 Å². The summed E-state index contributed by atoms with van der Waals surface area (Å²) in [6, 6.07) is 3.92. The quantitative estimate of drug-likeness (QED) is 0.792. The molecular formula is C11H14ClNO4S. The molecule has 0 atom stereocenters. The van der Waals surface area contributed by atoms with E-state index in [9.17, 15) is 13.2 Å². The van der Waals surface area contributed by atoms with Crippen LogP contribution in [0.15, 0.2) is 23.1 Å². The van der Waals surface area contributed by atoms with Crippen molar-refractivity contribution < 1.29 is 17.9 Å². The number of benzene rings is 1. The van der Waals surface area contributed by atoms with Crippen LogP contribution in [0.25, 0.3) is 0 Å². The molecule has 0 aliphatic rings. The van der Waals surface area contributed by atoms with E-state index < -0.39 is 9.05 Å². The van der Waals surface area contributed by atoms with Crippen molar-refractivity contribution >= 4 is 25.6 Å². The Morgan fingerprint density at radius 2 is 2.06 bits per heavy atom. The number of carbonyl (C=O) groups excluding carboxylic acids is 1. The minimum atomic E-state index is -3.87. The third-order valence-electron chi connectivity index (χ3n) is 2.50. The van der Waals surface area contributed by atoms with Crippen LogP contribution < -0.4 is 4.74 Å². The smallest absolute Gasteiger partial charge is 0.261 e. The fourth-order valence-corrected chi connectivity index (χ4v) is 2.13. The topological polar surface area (TPSA) is 63.7 Å². The number of methoxy groups -OCH3 is 1. The Morgan fingerprint density at radius 1 is 1.44 bits per heavy atom. The fourth-order valence-electron chi connectivity index (χ4n) is 1.36. The van der Waals surface area contributed by atoms with Gasteiger partial charge in [-0.1, -0.05) is 0 Å². The SMILES string of the molecule is CCN(C)C(=O)c1cc(S(=O)(=O)Cl)ccc1OC. The molecule has 1 amide bonds. The summed E-state index contributed by atoms with van der Waals surface area (Å²) < 4.78 is 27.5. The summed E-state index contributed by atoms with van der Waals surface area (Å²) in [4.78, 5) is 13.4. The molecular weight excluding hydrogens is 278 g/mol. The lowest BCUT2D eigenvalue weighted by Crippen LogP contribution is -2.26. The molecule has 0 spiro atoms. The second kappa shape index (κ2) is 5.58. The molecule has 0 fully saturated rings. The van der Waals surface area contributed by atoms with Crippen LogP contribution in [0.5, 0.6) is 5.75 Å². The van der Waals surface area contributed by atoms with Gasteiger partial charge in [0.15, 0.2) is 0 Å². The molecule has 1 aromatic carbocycles. The molecule has 0 saturated heterocycles. The molecule has 7 heteroatoms. The van der Waals surface area contributed by atoms with Crippen molar-refractivity contribution in [3.05, 3.63) is 23.8 Å². The lowest BCUT2D eigenvalue weighted by Gasteiger charge is -2.16. The number of halogens is 1. The number of hydrogen-bond acceptors (Lipinski definition) is 4. The number of ether oxygens (including phenoxy) is 1. The molecule has 0 radical (unpaired) electrons. The van der Waals surface area contributed by atoms with Crippen LogP contribution in [0.3, 0.4) is 0 Å². The molecule has 18 heavy (non-hydrogen) atoms. The van der Waals surface area contributed by atoms with Crippen LogP contribution in [0.4, 0.5) is 0 Å². The Kier molecular flexibility index (Phi) is 4.59. The molecule has 0 aliphatic carbocycles. The molecule has 1 rings (SSSR count). The van der Waals surface area contributed by atoms with Gasteiger partial charge in [0.05, 0.1) is 17.6 Å². The first-order chi connectivity index (χ1) is 8.31. The van der Waals surface area contributed by atoms with Crippen molar-refractivity contribution in [1.82, 2.24) is 4.90 Å². The molecule has 1 aromatic rings. The normalized spacial score (nSPS) is 11.1. The second-order valence-corrected chi connectivity index (χ2v) is 6.19. The first-order valence-electron chi connectivity index (χ1n) is 5.19. The van der Waals surface area contributed by atoms with Crippen molar-refractivity contribution in [3.8, 4) is 5.75 Å². The molecule has 0 aliphatic heterocycles. The van der Waals surface area contributed by atoms with E-state index in [1.807, 2.05) is 6.92 Å². The minimum absolute atomic E-state index is 0.127. The number of rotatable bonds is 4. The summed E-state index contributed by atoms with van der Waals surface area (Å²) >= 11 is 0. The molecule has 5 nitrogen and oxygen atoms in total. The van der Waals surface area contributed by atoms with E-state index in [1.165, 1.54) is 30.2 Å². The van der Waals surface area contributed by atoms with Gasteiger partial charge in [-0.3, -0.25) is 4.79 Å². The highest BCUT2D eigenvalue weighted by atomic mass is 35.7. The van der Waals surface area contributed by atoms with Crippen molar-refractivity contribution in [2.45, 2.75) is 11.8 Å². The Bertz CT molecular complexity index is 556. The summed E-state index contributed by atoms with van der Waals surface area (Å²) in [5, 5.41) is 0. The van der Waals surface area contributed by atoms with Crippen LogP contribution in [0, 0.1) is 0 Å². The summed E-state index contributed by atoms with van der Waals surface area (Å²) in [7, 11) is 4.40. The van der Waals surface area contributed by atoms with Gasteiger partial charge in [0, 0.05) is 24.3 Å². The minimum Gasteiger partial charge on any atom is -0.496 e. The number of carbonyl (C=O) groups is 1. The summed E-state index contributed by atoms with van der Waals surface area (Å²) in [5.41, 5.74) is 0.170. The summed E-state index contributed by atoms with van der Waals surface area (Å²) in [5.74, 6) is -0.0131. The van der Waals surface area contributed by atoms with Crippen LogP contribution in [0.1, 0.15) is 17.3 Å². The highest BCUT2D eigenvalue weighted by Crippen LogP contribution is 2.25. The lowest BCUT2D eigenvalue weighted by atomic mass is 10.2. The summed E-state index contributed by atoms with van der Waals surface area (Å²) in [6.07, 6.45) is 0. The van der Waals surface area contributed by atoms with E-state index in [1.54, 1.807) is 7.05 Å². The maximum absolute atomic E-state index is 12.0. The Labute approximate surface area is 111 Å². The van der Waals surface area contributed by atoms with Crippen LogP contribution in [-0.2, 0) is 9.05 Å². The highest BCUT2D eigenvalue weighted by Gasteiger charge is 2.19. The van der Waals surface area contributed by atoms with Crippen LogP contribution in [0.2, 0.25) is 0 Å². The zero-order valence-electron chi connectivity index (χ0n) is 10.3. The molecule has 0 bridgehead atoms. The van der Waals surface area contributed by atoms with Gasteiger partial charge in [0.2, 0.25) is 0 Å². The summed E-state index contributed by atoms with van der Waals surface area (Å²) in [6.45, 7) is 2.31. The standard InChI is InChI=1S/C11H14ClNO4S/c1-4-13(2)11(14)9-7-8(18(12,15)16)5-6-10(9)17-3/h5-7H,4H2,1-3H3. The molecule has 0 aromatic heterocycles. The van der Waals surface area contributed by atoms with Gasteiger partial charge in [-0.05, 0) is 25.1 Å². The molecule has 0 heterocycles. The van der Waals surface area contributed by atoms with E-state index in [4.69, 9.17) is 15.4 Å². The fraction of sp³-hybridized carbons (Fsp3) is 0.364. The molecule has 100 valence electrons. The lowest BCUT2D eigenvalue weighted by molar-refractivity contribution is 0.0799. The number of nitrogens with zero attached hydrogens (tertiary/aromatic N) is 1. The maximum Gasteiger partial charge on any atom is 0.261 e. The van der Waals surface area contributed by atoms with Crippen molar-refractivity contribution in [1.29, 1.82) is 0 Å². The third-order valence-corrected chi connectivity index (χ3v) is 3.86. The van der Waals surface area contributed by atoms with E-state index in [0.717, 1.165) is 0 Å². The zero-order valence-corrected chi connectivity index (χ0v) is 11.9. The first-order valence-corrected chi connectivity index (χ1v) is 7.50. The monoisotopic (exact) mass is 291 g/mol. The van der Waals surface area contributed by atoms with Crippen LogP contribution in [-0.4, -0.2) is 39.9 Å². The maximum atomic E-state index is 12.0.